The molecule has 0 bridgehead atoms. The van der Waals surface area contributed by atoms with Crippen molar-refractivity contribution in [2.45, 2.75) is 5.16 Å². The lowest BCUT2D eigenvalue weighted by Crippen LogP contribution is -2.15. The maximum atomic E-state index is 11.7. The van der Waals surface area contributed by atoms with E-state index in [2.05, 4.69) is 9.97 Å². The molecule has 1 aromatic carbocycles. The third-order valence-corrected chi connectivity index (χ3v) is 2.80. The minimum absolute atomic E-state index is 0.0464. The van der Waals surface area contributed by atoms with Gasteiger partial charge in [-0.25, -0.2) is 4.98 Å². The number of H-pyrrole nitrogens is 1. The van der Waals surface area contributed by atoms with E-state index in [0.29, 0.717) is 16.1 Å². The summed E-state index contributed by atoms with van der Waals surface area (Å²) in [5.41, 5.74) is 2.11. The van der Waals surface area contributed by atoms with E-state index < -0.39 is 5.91 Å². The largest absolute Gasteiger partial charge is 0.369 e. The topological polar surface area (TPSA) is 88.8 Å². The van der Waals surface area contributed by atoms with Crippen LogP contribution in [0.3, 0.4) is 0 Å². The van der Waals surface area contributed by atoms with Gasteiger partial charge in [0.15, 0.2) is 6.57 Å². The van der Waals surface area contributed by atoms with Crippen molar-refractivity contribution < 1.29 is 6.21 Å². The van der Waals surface area contributed by atoms with Crippen LogP contribution < -0.4 is 11.3 Å². The van der Waals surface area contributed by atoms with Gasteiger partial charge in [-0.05, 0) is 12.1 Å². The number of benzene rings is 1. The molecule has 1 heterocycles. The number of nitrogens with one attached hydrogen (secondary N) is 1. The van der Waals surface area contributed by atoms with E-state index in [1.807, 2.05) is 0 Å². The minimum atomic E-state index is -0.439. The second kappa shape index (κ2) is 4.36. The Morgan fingerprint density at radius 1 is 1.56 bits per heavy atom. The van der Waals surface area contributed by atoms with Gasteiger partial charge in [0.05, 0.1) is 16.7 Å². The van der Waals surface area contributed by atoms with Crippen molar-refractivity contribution in [1.29, 1.82) is 0 Å². The summed E-state index contributed by atoms with van der Waals surface area (Å²) in [7, 11) is 0. The first-order valence-electron chi connectivity index (χ1n) is 5.03. The molecule has 0 unspecified atom stereocenters. The van der Waals surface area contributed by atoms with Gasteiger partial charge in [-0.3, -0.25) is 9.59 Å². The number of carbonyl (C=O) groups is 1. The zero-order chi connectivity index (χ0) is 12.3. The van der Waals surface area contributed by atoms with Gasteiger partial charge in [0.25, 0.3) is 5.56 Å². The van der Waals surface area contributed by atoms with Crippen LogP contribution in [0.25, 0.3) is 10.9 Å². The number of aromatic amines is 1. The summed E-state index contributed by atoms with van der Waals surface area (Å²) in [6.45, 7) is 0. The number of primary amides is 1. The quantitative estimate of drug-likeness (QED) is 0.601. The highest BCUT2D eigenvalue weighted by Gasteiger charge is 2.04. The molecule has 0 spiro atoms. The highest BCUT2D eigenvalue weighted by Crippen LogP contribution is 2.13. The summed E-state index contributed by atoms with van der Waals surface area (Å²) in [6, 6.07) is 6.98. The fraction of sp³-hybridized carbons (Fsp3) is 0.100. The molecule has 2 aromatic rings. The van der Waals surface area contributed by atoms with Crippen LogP contribution in [0.4, 0.5) is 0 Å². The lowest BCUT2D eigenvalue weighted by molar-refractivity contribution is -0.115. The van der Waals surface area contributed by atoms with Gasteiger partial charge in [-0.1, -0.05) is 23.9 Å². The highest BCUT2D eigenvalue weighted by molar-refractivity contribution is 7.99. The van der Waals surface area contributed by atoms with E-state index in [9.17, 15) is 9.59 Å². The van der Waals surface area contributed by atoms with Crippen molar-refractivity contribution >= 4 is 28.6 Å². The molecule has 16 heavy (non-hydrogen) atoms. The number of nitrogens with zero attached hydrogens (tertiary/aromatic N) is 1. The second-order valence-corrected chi connectivity index (χ2v) is 4.06. The van der Waals surface area contributed by atoms with Gasteiger partial charge in [-0.2, -0.15) is 0 Å². The molecule has 0 saturated carbocycles. The molecule has 0 fully saturated rings. The second-order valence-electron chi connectivity index (χ2n) is 3.10. The average molecular weight is 237 g/mol. The Balaban J connectivity index is 2.31. The van der Waals surface area contributed by atoms with Crippen molar-refractivity contribution in [2.75, 3.05) is 5.75 Å². The summed E-state index contributed by atoms with van der Waals surface area (Å²) < 4.78 is 6.64. The summed E-state index contributed by atoms with van der Waals surface area (Å²) in [5.74, 6) is -0.393. The smallest absolute Gasteiger partial charge is 0.259 e. The zero-order valence-corrected chi connectivity index (χ0v) is 9.00. The SMILES string of the molecule is [3H]NC(=O)CSc1nc2ccccc2c(=O)[nH]1. The summed E-state index contributed by atoms with van der Waals surface area (Å²) in [6.07, 6.45) is 0. The molecule has 82 valence electrons. The fourth-order valence-corrected chi connectivity index (χ4v) is 1.86. The number of aromatic nitrogens is 2. The lowest BCUT2D eigenvalue weighted by Gasteiger charge is -2.00. The molecule has 2 rings (SSSR count). The molecule has 5 nitrogen and oxygen atoms in total. The van der Waals surface area contributed by atoms with Gasteiger partial charge >= 0.3 is 0 Å². The summed E-state index contributed by atoms with van der Waals surface area (Å²) in [5, 5.41) is 0.888. The molecule has 6 heteroatoms. The van der Waals surface area contributed by atoms with Crippen molar-refractivity contribution in [2.24, 2.45) is 5.73 Å². The van der Waals surface area contributed by atoms with Crippen LogP contribution >= 0.6 is 11.8 Å². The number of nitrogens with two attached hydrogens (primary N) is 1. The normalized spacial score (nSPS) is 11.1. The number of hydrogen-bond acceptors (Lipinski definition) is 4. The molecule has 0 radical (unpaired) electrons. The number of para-hydroxylation sites is 1. The minimum Gasteiger partial charge on any atom is -0.369 e. The Labute approximate surface area is 96.5 Å². The highest BCUT2D eigenvalue weighted by atomic mass is 32.2. The third-order valence-electron chi connectivity index (χ3n) is 1.93. The number of thioether (sulfide) groups is 1. The molecule has 3 N–H and O–H groups in total. The van der Waals surface area contributed by atoms with Crippen LogP contribution in [0.1, 0.15) is 0 Å². The maximum Gasteiger partial charge on any atom is 0.259 e. The van der Waals surface area contributed by atoms with Crippen molar-refractivity contribution in [3.63, 3.8) is 0 Å². The lowest BCUT2D eigenvalue weighted by atomic mass is 10.2. The predicted octanol–water partition coefficient (Wildman–Crippen LogP) is 0.501. The Kier molecular flexibility index (Phi) is 2.56. The number of carbonyl (C=O) groups excluding carboxylic acids is 1. The number of rotatable bonds is 3. The first-order valence-corrected chi connectivity index (χ1v) is 5.51. The molecular formula is C10H9N3O2S. The van der Waals surface area contributed by atoms with Crippen molar-refractivity contribution in [1.82, 2.24) is 9.97 Å². The van der Waals surface area contributed by atoms with E-state index in [0.717, 1.165) is 11.8 Å². The predicted molar refractivity (Wildman–Crippen MR) is 62.3 cm³/mol. The molecule has 1 aromatic heterocycles. The van der Waals surface area contributed by atoms with E-state index >= 15 is 0 Å². The molecule has 0 atom stereocenters. The van der Waals surface area contributed by atoms with Gasteiger partial charge in [-0.15, -0.1) is 0 Å². The Morgan fingerprint density at radius 2 is 2.38 bits per heavy atom. The van der Waals surface area contributed by atoms with E-state index in [4.69, 9.17) is 1.41 Å². The molecule has 0 aliphatic carbocycles. The fourth-order valence-electron chi connectivity index (χ4n) is 1.27. The number of fused-ring (bicyclic) bond motifs is 1. The van der Waals surface area contributed by atoms with Crippen LogP contribution in [-0.4, -0.2) is 21.6 Å². The standard InChI is InChI=1S/C10H9N3O2S/c11-8(14)5-16-10-12-7-4-2-1-3-6(7)9(15)13-10/h1-4H,5H2,(H2,11,14)(H,12,13,15)/i/hT. The zero-order valence-electron chi connectivity index (χ0n) is 9.19. The van der Waals surface area contributed by atoms with E-state index in [1.54, 1.807) is 30.0 Å². The third kappa shape index (κ3) is 2.22. The summed E-state index contributed by atoms with van der Waals surface area (Å²) in [4.78, 5) is 29.4. The number of hydrogen-bond donors (Lipinski definition) is 2. The molecule has 0 aliphatic heterocycles. The van der Waals surface area contributed by atoms with Crippen LogP contribution in [0, 0.1) is 0 Å². The molecule has 0 saturated heterocycles. The average Bonchev–Trinajstić information content (AvgIpc) is 2.36. The van der Waals surface area contributed by atoms with Crippen LogP contribution in [0.2, 0.25) is 1.41 Å². The van der Waals surface area contributed by atoms with E-state index in [-0.39, 0.29) is 11.3 Å². The van der Waals surface area contributed by atoms with E-state index in [1.165, 1.54) is 0 Å². The molecular weight excluding hydrogens is 226 g/mol. The maximum absolute atomic E-state index is 11.7. The first kappa shape index (κ1) is 9.41. The Morgan fingerprint density at radius 3 is 3.19 bits per heavy atom. The Hall–Kier alpha value is -1.82. The van der Waals surface area contributed by atoms with Gasteiger partial charge in [0.1, 0.15) is 0 Å². The van der Waals surface area contributed by atoms with Gasteiger partial charge in [0.2, 0.25) is 5.91 Å². The van der Waals surface area contributed by atoms with Gasteiger partial charge in [0, 0.05) is 0 Å². The molecule has 0 aliphatic rings. The number of amides is 1. The molecule has 1 amide bonds. The van der Waals surface area contributed by atoms with Crippen LogP contribution in [0.15, 0.2) is 34.2 Å². The summed E-state index contributed by atoms with van der Waals surface area (Å²) >= 11 is 1.08. The first-order chi connectivity index (χ1) is 8.20. The van der Waals surface area contributed by atoms with Crippen molar-refractivity contribution in [3.8, 4) is 0 Å². The Bertz CT molecular complexity index is 614. The van der Waals surface area contributed by atoms with Crippen molar-refractivity contribution in [3.05, 3.63) is 34.6 Å². The van der Waals surface area contributed by atoms with Crippen LogP contribution in [0.5, 0.6) is 0 Å². The van der Waals surface area contributed by atoms with Gasteiger partial charge < -0.3 is 10.7 Å². The van der Waals surface area contributed by atoms with Crippen LogP contribution in [-0.2, 0) is 4.79 Å². The monoisotopic (exact) mass is 237 g/mol.